The summed E-state index contributed by atoms with van der Waals surface area (Å²) in [5, 5.41) is 8.61. The molecule has 0 aliphatic heterocycles. The van der Waals surface area contributed by atoms with Crippen molar-refractivity contribution >= 4 is 0 Å². The van der Waals surface area contributed by atoms with E-state index in [1.165, 1.54) is 12.1 Å². The van der Waals surface area contributed by atoms with Gasteiger partial charge in [0.25, 0.3) is 0 Å². The summed E-state index contributed by atoms with van der Waals surface area (Å²) in [4.78, 5) is 2.02. The molecule has 0 radical (unpaired) electrons. The van der Waals surface area contributed by atoms with Crippen LogP contribution in [0.3, 0.4) is 0 Å². The van der Waals surface area contributed by atoms with Gasteiger partial charge in [0, 0.05) is 37.7 Å². The molecule has 0 heterocycles. The van der Waals surface area contributed by atoms with Gasteiger partial charge in [-0.2, -0.15) is 5.26 Å². The van der Waals surface area contributed by atoms with Gasteiger partial charge in [-0.25, -0.2) is 8.78 Å². The van der Waals surface area contributed by atoms with E-state index in [0.29, 0.717) is 31.0 Å². The lowest BCUT2D eigenvalue weighted by molar-refractivity contribution is 0.238. The highest BCUT2D eigenvalue weighted by atomic mass is 19.1. The fourth-order valence-electron chi connectivity index (χ4n) is 1.85. The minimum atomic E-state index is -0.566. The minimum absolute atomic E-state index is 0.409. The van der Waals surface area contributed by atoms with Crippen LogP contribution in [0.1, 0.15) is 25.8 Å². The Morgan fingerprint density at radius 1 is 1.33 bits per heavy atom. The van der Waals surface area contributed by atoms with Crippen molar-refractivity contribution in [3.63, 3.8) is 0 Å². The predicted molar refractivity (Wildman–Crippen MR) is 66.7 cm³/mol. The second-order valence-electron chi connectivity index (χ2n) is 4.77. The summed E-state index contributed by atoms with van der Waals surface area (Å²) in [6, 6.07) is 5.70. The number of rotatable bonds is 6. The van der Waals surface area contributed by atoms with E-state index in [1.807, 2.05) is 4.90 Å². The molecule has 0 atom stereocenters. The van der Waals surface area contributed by atoms with Crippen molar-refractivity contribution in [1.82, 2.24) is 4.90 Å². The van der Waals surface area contributed by atoms with E-state index >= 15 is 0 Å². The lowest BCUT2D eigenvalue weighted by atomic mass is 10.1. The molecule has 2 nitrogen and oxygen atoms in total. The van der Waals surface area contributed by atoms with Crippen LogP contribution in [0, 0.1) is 28.9 Å². The maximum absolute atomic E-state index is 13.5. The molecular weight excluding hydrogens is 234 g/mol. The number of nitrogens with zero attached hydrogens (tertiary/aromatic N) is 2. The fourth-order valence-corrected chi connectivity index (χ4v) is 1.85. The van der Waals surface area contributed by atoms with E-state index in [0.717, 1.165) is 12.6 Å². The predicted octanol–water partition coefficient (Wildman–Crippen LogP) is 3.34. The lowest BCUT2D eigenvalue weighted by Gasteiger charge is -2.23. The normalized spacial score (nSPS) is 10.9. The molecule has 0 saturated heterocycles. The second-order valence-corrected chi connectivity index (χ2v) is 4.77. The first-order valence-electron chi connectivity index (χ1n) is 6.06. The standard InChI is InChI=1S/C14H18F2N2/c1-11(2)9-18(7-3-6-17)10-12-4-5-13(15)8-14(12)16/h4-5,8,11H,3,7,9-10H2,1-2H3. The quantitative estimate of drug-likeness (QED) is 0.776. The summed E-state index contributed by atoms with van der Waals surface area (Å²) in [5.74, 6) is -0.656. The second kappa shape index (κ2) is 7.07. The van der Waals surface area contributed by atoms with Crippen LogP contribution >= 0.6 is 0 Å². The van der Waals surface area contributed by atoms with E-state index in [2.05, 4.69) is 19.9 Å². The number of hydrogen-bond acceptors (Lipinski definition) is 2. The largest absolute Gasteiger partial charge is 0.298 e. The Balaban J connectivity index is 2.72. The average Bonchev–Trinajstić information content (AvgIpc) is 2.29. The maximum atomic E-state index is 13.5. The third-order valence-corrected chi connectivity index (χ3v) is 2.57. The van der Waals surface area contributed by atoms with Crippen molar-refractivity contribution in [3.05, 3.63) is 35.4 Å². The molecule has 0 saturated carbocycles. The van der Waals surface area contributed by atoms with Crippen LogP contribution in [-0.2, 0) is 6.54 Å². The van der Waals surface area contributed by atoms with Gasteiger partial charge in [-0.15, -0.1) is 0 Å². The molecule has 0 amide bonds. The van der Waals surface area contributed by atoms with Gasteiger partial charge in [0.1, 0.15) is 11.6 Å². The van der Waals surface area contributed by atoms with E-state index in [4.69, 9.17) is 5.26 Å². The number of nitriles is 1. The average molecular weight is 252 g/mol. The van der Waals surface area contributed by atoms with Crippen molar-refractivity contribution in [1.29, 1.82) is 5.26 Å². The molecule has 0 spiro atoms. The van der Waals surface area contributed by atoms with E-state index in [1.54, 1.807) is 0 Å². The van der Waals surface area contributed by atoms with Crippen LogP contribution in [-0.4, -0.2) is 18.0 Å². The highest BCUT2D eigenvalue weighted by molar-refractivity contribution is 5.18. The van der Waals surface area contributed by atoms with Crippen molar-refractivity contribution in [2.75, 3.05) is 13.1 Å². The Hall–Kier alpha value is -1.47. The summed E-state index contributed by atoms with van der Waals surface area (Å²) in [5.41, 5.74) is 0.468. The highest BCUT2D eigenvalue weighted by Gasteiger charge is 2.11. The van der Waals surface area contributed by atoms with Gasteiger partial charge < -0.3 is 0 Å². The Morgan fingerprint density at radius 3 is 2.61 bits per heavy atom. The molecule has 0 aliphatic rings. The van der Waals surface area contributed by atoms with Crippen molar-refractivity contribution in [3.8, 4) is 6.07 Å². The number of halogens is 2. The topological polar surface area (TPSA) is 27.0 Å². The van der Waals surface area contributed by atoms with Gasteiger partial charge in [0.15, 0.2) is 0 Å². The van der Waals surface area contributed by atoms with Gasteiger partial charge in [-0.05, 0) is 12.0 Å². The van der Waals surface area contributed by atoms with Crippen LogP contribution in [0.5, 0.6) is 0 Å². The molecule has 18 heavy (non-hydrogen) atoms. The summed E-state index contributed by atoms with van der Waals surface area (Å²) < 4.78 is 26.3. The molecule has 0 fully saturated rings. The van der Waals surface area contributed by atoms with Crippen LogP contribution in [0.2, 0.25) is 0 Å². The summed E-state index contributed by atoms with van der Waals surface area (Å²) in [6.45, 7) is 5.94. The monoisotopic (exact) mass is 252 g/mol. The van der Waals surface area contributed by atoms with Crippen molar-refractivity contribution in [2.24, 2.45) is 5.92 Å². The molecule has 0 bridgehead atoms. The van der Waals surface area contributed by atoms with E-state index in [9.17, 15) is 8.78 Å². The molecule has 4 heteroatoms. The van der Waals surface area contributed by atoms with Gasteiger partial charge in [-0.3, -0.25) is 4.90 Å². The molecule has 0 aliphatic carbocycles. The van der Waals surface area contributed by atoms with Crippen LogP contribution < -0.4 is 0 Å². The maximum Gasteiger partial charge on any atom is 0.130 e. The first-order chi connectivity index (χ1) is 8.52. The Bertz CT molecular complexity index is 424. The molecule has 0 unspecified atom stereocenters. The van der Waals surface area contributed by atoms with E-state index in [-0.39, 0.29) is 0 Å². The Labute approximate surface area is 107 Å². The van der Waals surface area contributed by atoms with E-state index < -0.39 is 11.6 Å². The summed E-state index contributed by atoms with van der Waals surface area (Å²) in [7, 11) is 0. The lowest BCUT2D eigenvalue weighted by Crippen LogP contribution is -2.28. The van der Waals surface area contributed by atoms with Crippen LogP contribution in [0.15, 0.2) is 18.2 Å². The van der Waals surface area contributed by atoms with Gasteiger partial charge in [0.05, 0.1) is 6.07 Å². The molecule has 0 N–H and O–H groups in total. The summed E-state index contributed by atoms with van der Waals surface area (Å²) in [6.07, 6.45) is 0.412. The zero-order valence-corrected chi connectivity index (χ0v) is 10.8. The smallest absolute Gasteiger partial charge is 0.130 e. The van der Waals surface area contributed by atoms with Crippen molar-refractivity contribution < 1.29 is 8.78 Å². The van der Waals surface area contributed by atoms with Crippen LogP contribution in [0.25, 0.3) is 0 Å². The van der Waals surface area contributed by atoms with Crippen molar-refractivity contribution in [2.45, 2.75) is 26.8 Å². The first kappa shape index (κ1) is 14.6. The third-order valence-electron chi connectivity index (χ3n) is 2.57. The van der Waals surface area contributed by atoms with Gasteiger partial charge in [0.2, 0.25) is 0 Å². The SMILES string of the molecule is CC(C)CN(CCC#N)Cc1ccc(F)cc1F. The highest BCUT2D eigenvalue weighted by Crippen LogP contribution is 2.13. The Kier molecular flexibility index (Phi) is 5.73. The summed E-state index contributed by atoms with van der Waals surface area (Å²) >= 11 is 0. The fraction of sp³-hybridized carbons (Fsp3) is 0.500. The van der Waals surface area contributed by atoms with Gasteiger partial charge >= 0.3 is 0 Å². The number of hydrogen-bond donors (Lipinski definition) is 0. The Morgan fingerprint density at radius 2 is 2.06 bits per heavy atom. The zero-order chi connectivity index (χ0) is 13.5. The molecule has 0 aromatic heterocycles. The van der Waals surface area contributed by atoms with Crippen LogP contribution in [0.4, 0.5) is 8.78 Å². The first-order valence-corrected chi connectivity index (χ1v) is 6.06. The third kappa shape index (κ3) is 4.80. The zero-order valence-electron chi connectivity index (χ0n) is 10.8. The molecule has 1 aromatic rings. The molecule has 1 rings (SSSR count). The molecular formula is C14H18F2N2. The molecule has 1 aromatic carbocycles. The minimum Gasteiger partial charge on any atom is -0.298 e. The van der Waals surface area contributed by atoms with Gasteiger partial charge in [-0.1, -0.05) is 19.9 Å². The number of benzene rings is 1. The molecule has 98 valence electrons.